The summed E-state index contributed by atoms with van der Waals surface area (Å²) in [5, 5.41) is 11.7. The van der Waals surface area contributed by atoms with E-state index >= 15 is 0 Å². The van der Waals surface area contributed by atoms with Gasteiger partial charge in [-0.1, -0.05) is 46.1 Å². The highest BCUT2D eigenvalue weighted by Gasteiger charge is 2.28. The van der Waals surface area contributed by atoms with Crippen LogP contribution in [0.1, 0.15) is 30.2 Å². The number of methoxy groups -OCH3 is 1. The SMILES string of the molecule is COc1cc(Cl)cc(C(C(=Nc2nc3c(s2)SC(C)c2cc(Cl)c(Cl)cc2-3)C(=O)O)=C(C)N)c1. The molecule has 0 fully saturated rings. The van der Waals surface area contributed by atoms with E-state index in [4.69, 9.17) is 45.3 Å². The largest absolute Gasteiger partial charge is 0.497 e. The summed E-state index contributed by atoms with van der Waals surface area (Å²) in [6.07, 6.45) is 0. The summed E-state index contributed by atoms with van der Waals surface area (Å²) in [5.74, 6) is -0.781. The van der Waals surface area contributed by atoms with Gasteiger partial charge in [0.15, 0.2) is 5.71 Å². The van der Waals surface area contributed by atoms with Crippen LogP contribution in [0.25, 0.3) is 16.8 Å². The fourth-order valence-corrected chi connectivity index (χ4v) is 6.62. The van der Waals surface area contributed by atoms with Crippen molar-refractivity contribution in [1.29, 1.82) is 0 Å². The van der Waals surface area contributed by atoms with E-state index in [1.165, 1.54) is 18.4 Å². The zero-order valence-electron chi connectivity index (χ0n) is 18.1. The number of aliphatic carboxylic acids is 1. The first-order valence-electron chi connectivity index (χ1n) is 9.89. The maximum atomic E-state index is 12.3. The number of carbonyl (C=O) groups is 1. The Labute approximate surface area is 219 Å². The second-order valence-electron chi connectivity index (χ2n) is 7.45. The molecule has 0 saturated carbocycles. The molecule has 0 radical (unpaired) electrons. The molecule has 0 saturated heterocycles. The summed E-state index contributed by atoms with van der Waals surface area (Å²) in [6, 6.07) is 8.51. The molecule has 6 nitrogen and oxygen atoms in total. The number of aromatic nitrogens is 1. The van der Waals surface area contributed by atoms with Gasteiger partial charge in [-0.15, -0.1) is 11.8 Å². The quantitative estimate of drug-likeness (QED) is 0.317. The Bertz CT molecular complexity index is 1380. The predicted octanol–water partition coefficient (Wildman–Crippen LogP) is 7.49. The molecule has 2 heterocycles. The molecule has 2 aromatic carbocycles. The lowest BCUT2D eigenvalue weighted by Gasteiger charge is -2.21. The summed E-state index contributed by atoms with van der Waals surface area (Å²) < 4.78 is 6.19. The van der Waals surface area contributed by atoms with Gasteiger partial charge in [0, 0.05) is 27.1 Å². The third-order valence-corrected chi connectivity index (χ3v) is 8.33. The van der Waals surface area contributed by atoms with E-state index in [-0.39, 0.29) is 27.4 Å². The Morgan fingerprint density at radius 1 is 1.18 bits per heavy atom. The summed E-state index contributed by atoms with van der Waals surface area (Å²) in [4.78, 5) is 21.3. The second-order valence-corrected chi connectivity index (χ2v) is 11.3. The number of aliphatic imine (C=N–C) groups is 1. The third kappa shape index (κ3) is 4.78. The van der Waals surface area contributed by atoms with E-state index in [1.54, 1.807) is 43.0 Å². The molecule has 1 aliphatic heterocycles. The van der Waals surface area contributed by atoms with Crippen molar-refractivity contribution in [2.24, 2.45) is 10.7 Å². The minimum absolute atomic E-state index is 0.120. The Hall–Kier alpha value is -2.23. The molecular weight excluding hydrogens is 537 g/mol. The number of ether oxygens (including phenoxy) is 1. The molecule has 1 atom stereocenters. The predicted molar refractivity (Wildman–Crippen MR) is 141 cm³/mol. The minimum Gasteiger partial charge on any atom is -0.497 e. The molecular formula is C23H18Cl3N3O3S2. The van der Waals surface area contributed by atoms with Crippen LogP contribution < -0.4 is 10.5 Å². The first-order valence-corrected chi connectivity index (χ1v) is 12.7. The van der Waals surface area contributed by atoms with E-state index < -0.39 is 5.97 Å². The first-order chi connectivity index (χ1) is 16.1. The van der Waals surface area contributed by atoms with Crippen molar-refractivity contribution in [1.82, 2.24) is 4.98 Å². The molecule has 3 aromatic rings. The van der Waals surface area contributed by atoms with Crippen LogP contribution in [0.15, 0.2) is 45.2 Å². The Kier molecular flexibility index (Phi) is 7.17. The van der Waals surface area contributed by atoms with Gasteiger partial charge < -0.3 is 15.6 Å². The first kappa shape index (κ1) is 24.9. The number of nitrogens with zero attached hydrogens (tertiary/aromatic N) is 2. The average Bonchev–Trinajstić information content (AvgIpc) is 3.16. The van der Waals surface area contributed by atoms with Crippen LogP contribution in [0.5, 0.6) is 5.75 Å². The number of carboxylic acid groups (broad SMARTS) is 1. The highest BCUT2D eigenvalue weighted by molar-refractivity contribution is 8.01. The lowest BCUT2D eigenvalue weighted by Crippen LogP contribution is -2.18. The van der Waals surface area contributed by atoms with Gasteiger partial charge in [0.2, 0.25) is 5.13 Å². The van der Waals surface area contributed by atoms with E-state index in [9.17, 15) is 9.90 Å². The van der Waals surface area contributed by atoms with Gasteiger partial charge in [-0.25, -0.2) is 14.8 Å². The maximum absolute atomic E-state index is 12.3. The topological polar surface area (TPSA) is 97.8 Å². The van der Waals surface area contributed by atoms with Crippen molar-refractivity contribution in [3.8, 4) is 17.0 Å². The number of hydrogen-bond acceptors (Lipinski definition) is 7. The molecule has 11 heteroatoms. The third-order valence-electron chi connectivity index (χ3n) is 5.09. The smallest absolute Gasteiger partial charge is 0.355 e. The van der Waals surface area contributed by atoms with E-state index in [1.807, 2.05) is 6.07 Å². The van der Waals surface area contributed by atoms with Crippen LogP contribution in [0.4, 0.5) is 5.13 Å². The molecule has 0 spiro atoms. The molecule has 1 aliphatic rings. The molecule has 3 N–H and O–H groups in total. The fraction of sp³-hybridized carbons (Fsp3) is 0.174. The standard InChI is InChI=1S/C23H18Cl3N3O3S2/c1-9(27)18(11-4-12(24)6-13(5-11)32-3)20(21(30)31)29-23-28-19-15-8-17(26)16(25)7-14(15)10(2)33-22(19)34-23/h4-8,10H,27H2,1-3H3,(H,30,31). The van der Waals surface area contributed by atoms with Crippen LogP contribution in [0.3, 0.4) is 0 Å². The van der Waals surface area contributed by atoms with Crippen molar-refractivity contribution in [3.05, 3.63) is 62.2 Å². The molecule has 176 valence electrons. The number of thioether (sulfide) groups is 1. The lowest BCUT2D eigenvalue weighted by atomic mass is 9.99. The van der Waals surface area contributed by atoms with E-state index in [2.05, 4.69) is 16.9 Å². The number of rotatable bonds is 5. The number of benzene rings is 2. The van der Waals surface area contributed by atoms with Crippen LogP contribution in [0.2, 0.25) is 15.1 Å². The Morgan fingerprint density at radius 2 is 1.88 bits per heavy atom. The normalized spacial score (nSPS) is 15.9. The van der Waals surface area contributed by atoms with Crippen LogP contribution in [-0.4, -0.2) is 28.9 Å². The van der Waals surface area contributed by atoms with Crippen molar-refractivity contribution in [3.63, 3.8) is 0 Å². The minimum atomic E-state index is -1.25. The molecule has 0 bridgehead atoms. The van der Waals surface area contributed by atoms with Crippen LogP contribution in [0, 0.1) is 0 Å². The van der Waals surface area contributed by atoms with Crippen molar-refractivity contribution in [2.75, 3.05) is 7.11 Å². The number of nitrogens with two attached hydrogens (primary N) is 1. The van der Waals surface area contributed by atoms with Crippen LogP contribution >= 0.6 is 57.9 Å². The molecule has 0 amide bonds. The number of halogens is 3. The monoisotopic (exact) mass is 553 g/mol. The second kappa shape index (κ2) is 9.79. The van der Waals surface area contributed by atoms with Gasteiger partial charge in [-0.05, 0) is 55.3 Å². The highest BCUT2D eigenvalue weighted by Crippen LogP contribution is 2.53. The number of fused-ring (bicyclic) bond motifs is 3. The zero-order chi connectivity index (χ0) is 24.7. The van der Waals surface area contributed by atoms with Gasteiger partial charge in [-0.2, -0.15) is 0 Å². The zero-order valence-corrected chi connectivity index (χ0v) is 22.1. The molecule has 1 unspecified atom stereocenters. The average molecular weight is 555 g/mol. The molecule has 34 heavy (non-hydrogen) atoms. The van der Waals surface area contributed by atoms with E-state index in [0.29, 0.717) is 32.1 Å². The van der Waals surface area contributed by atoms with Crippen molar-refractivity contribution in [2.45, 2.75) is 23.3 Å². The molecule has 0 aliphatic carbocycles. The Balaban J connectivity index is 1.86. The van der Waals surface area contributed by atoms with Crippen LogP contribution in [-0.2, 0) is 4.79 Å². The number of thiazole rings is 1. The Morgan fingerprint density at radius 3 is 2.53 bits per heavy atom. The van der Waals surface area contributed by atoms with Gasteiger partial charge in [0.05, 0.1) is 27.1 Å². The van der Waals surface area contributed by atoms with Gasteiger partial charge in [0.1, 0.15) is 5.75 Å². The number of hydrogen-bond donors (Lipinski definition) is 2. The maximum Gasteiger partial charge on any atom is 0.355 e. The van der Waals surface area contributed by atoms with Crippen molar-refractivity contribution < 1.29 is 14.6 Å². The van der Waals surface area contributed by atoms with Gasteiger partial charge in [-0.3, -0.25) is 0 Å². The lowest BCUT2D eigenvalue weighted by molar-refractivity contribution is -0.129. The molecule has 1 aromatic heterocycles. The summed E-state index contributed by atoms with van der Waals surface area (Å²) >= 11 is 21.6. The number of carboxylic acids is 1. The summed E-state index contributed by atoms with van der Waals surface area (Å²) in [6.45, 7) is 3.67. The summed E-state index contributed by atoms with van der Waals surface area (Å²) in [5.41, 5.74) is 9.41. The molecule has 4 rings (SSSR count). The number of allylic oxidation sites excluding steroid dienone is 1. The highest BCUT2D eigenvalue weighted by atomic mass is 35.5. The van der Waals surface area contributed by atoms with Crippen molar-refractivity contribution >= 4 is 80.3 Å². The fourth-order valence-electron chi connectivity index (χ4n) is 3.60. The van der Waals surface area contributed by atoms with E-state index in [0.717, 1.165) is 15.3 Å². The van der Waals surface area contributed by atoms with Gasteiger partial charge >= 0.3 is 5.97 Å². The van der Waals surface area contributed by atoms with Gasteiger partial charge in [0.25, 0.3) is 0 Å². The summed E-state index contributed by atoms with van der Waals surface area (Å²) in [7, 11) is 1.50.